The Morgan fingerprint density at radius 2 is 1.93 bits per heavy atom. The van der Waals surface area contributed by atoms with Crippen LogP contribution < -0.4 is 0 Å². The van der Waals surface area contributed by atoms with E-state index in [-0.39, 0.29) is 30.0 Å². The van der Waals surface area contributed by atoms with Crippen molar-refractivity contribution >= 4 is 5.91 Å². The average Bonchev–Trinajstić information content (AvgIpc) is 3.49. The minimum absolute atomic E-state index is 0.0553. The number of amides is 1. The van der Waals surface area contributed by atoms with Gasteiger partial charge in [-0.15, -0.1) is 0 Å². The van der Waals surface area contributed by atoms with E-state index in [2.05, 4.69) is 30.6 Å². The van der Waals surface area contributed by atoms with Crippen molar-refractivity contribution in [3.05, 3.63) is 47.7 Å². The van der Waals surface area contributed by atoms with Gasteiger partial charge >= 0.3 is 0 Å². The summed E-state index contributed by atoms with van der Waals surface area (Å²) >= 11 is 0. The zero-order valence-electron chi connectivity index (χ0n) is 18.4. The molecule has 1 aromatic heterocycles. The van der Waals surface area contributed by atoms with Gasteiger partial charge < -0.3 is 14.4 Å². The van der Waals surface area contributed by atoms with Crippen molar-refractivity contribution in [1.82, 2.24) is 9.80 Å². The first-order valence-corrected chi connectivity index (χ1v) is 11.4. The molecule has 2 saturated heterocycles. The molecule has 0 unspecified atom stereocenters. The van der Waals surface area contributed by atoms with E-state index in [1.54, 1.807) is 0 Å². The monoisotopic (exact) mass is 410 g/mol. The van der Waals surface area contributed by atoms with Crippen LogP contribution >= 0.6 is 0 Å². The van der Waals surface area contributed by atoms with Gasteiger partial charge in [0.15, 0.2) is 0 Å². The number of hydrogen-bond donors (Lipinski definition) is 1. The molecule has 2 bridgehead atoms. The lowest BCUT2D eigenvalue weighted by atomic mass is 9.72. The van der Waals surface area contributed by atoms with E-state index in [0.717, 1.165) is 50.1 Å². The van der Waals surface area contributed by atoms with E-state index >= 15 is 0 Å². The molecule has 30 heavy (non-hydrogen) atoms. The Kier molecular flexibility index (Phi) is 6.03. The molecule has 2 fully saturated rings. The van der Waals surface area contributed by atoms with Crippen LogP contribution in [0.1, 0.15) is 62.6 Å². The highest BCUT2D eigenvalue weighted by atomic mass is 16.3. The molecule has 3 atom stereocenters. The molecule has 5 heteroatoms. The number of furan rings is 1. The fraction of sp³-hybridized carbons (Fsp3) is 0.560. The van der Waals surface area contributed by atoms with E-state index in [4.69, 9.17) is 4.42 Å². The third-order valence-corrected chi connectivity index (χ3v) is 7.43. The van der Waals surface area contributed by atoms with Crippen LogP contribution in [0.3, 0.4) is 0 Å². The first-order chi connectivity index (χ1) is 14.6. The molecule has 5 nitrogen and oxygen atoms in total. The molecule has 4 rings (SSSR count). The summed E-state index contributed by atoms with van der Waals surface area (Å²) in [5, 5.41) is 10.1. The van der Waals surface area contributed by atoms with Gasteiger partial charge in [-0.25, -0.2) is 0 Å². The molecule has 0 saturated carbocycles. The van der Waals surface area contributed by atoms with Gasteiger partial charge in [0.05, 0.1) is 18.7 Å². The lowest BCUT2D eigenvalue weighted by Crippen LogP contribution is -2.42. The fourth-order valence-corrected chi connectivity index (χ4v) is 5.55. The van der Waals surface area contributed by atoms with E-state index in [1.807, 2.05) is 36.4 Å². The van der Waals surface area contributed by atoms with Crippen LogP contribution in [0.15, 0.2) is 40.8 Å². The maximum absolute atomic E-state index is 13.8. The van der Waals surface area contributed by atoms with Gasteiger partial charge in [0.1, 0.15) is 11.5 Å². The largest absolute Gasteiger partial charge is 0.459 e. The van der Waals surface area contributed by atoms with Crippen molar-refractivity contribution < 1.29 is 14.3 Å². The molecule has 2 aliphatic heterocycles. The van der Waals surface area contributed by atoms with Gasteiger partial charge in [-0.1, -0.05) is 51.1 Å². The van der Waals surface area contributed by atoms with E-state index in [1.165, 1.54) is 0 Å². The topological polar surface area (TPSA) is 56.9 Å². The molecule has 0 radical (unpaired) electrons. The smallest absolute Gasteiger partial charge is 0.258 e. The number of rotatable bonds is 8. The first kappa shape index (κ1) is 21.1. The van der Waals surface area contributed by atoms with Crippen molar-refractivity contribution in [3.63, 3.8) is 0 Å². The summed E-state index contributed by atoms with van der Waals surface area (Å²) in [7, 11) is 0. The van der Waals surface area contributed by atoms with Crippen LogP contribution in [0.2, 0.25) is 0 Å². The third kappa shape index (κ3) is 3.48. The zero-order valence-corrected chi connectivity index (χ0v) is 18.4. The predicted molar refractivity (Wildman–Crippen MR) is 118 cm³/mol. The maximum Gasteiger partial charge on any atom is 0.258 e. The number of carbonyl (C=O) groups is 1. The highest BCUT2D eigenvalue weighted by molar-refractivity contribution is 6.00. The number of carbonyl (C=O) groups excluding carboxylic acids is 1. The van der Waals surface area contributed by atoms with Crippen molar-refractivity contribution in [3.8, 4) is 11.3 Å². The first-order valence-electron chi connectivity index (χ1n) is 11.4. The van der Waals surface area contributed by atoms with Gasteiger partial charge in [0.2, 0.25) is 0 Å². The number of hydrogen-bond acceptors (Lipinski definition) is 4. The van der Waals surface area contributed by atoms with Crippen LogP contribution in [-0.4, -0.2) is 52.6 Å². The van der Waals surface area contributed by atoms with Crippen LogP contribution in [0, 0.1) is 5.41 Å². The summed E-state index contributed by atoms with van der Waals surface area (Å²) in [6.07, 6.45) is 3.82. The Hall–Kier alpha value is -2.11. The SMILES string of the molecule is CCN(CC)Cc1cc(C(=O)N2[C@@H]3CC[C@H]2[C@@](CC)(CO)C3)c(-c2ccccc2)o1. The molecule has 0 aliphatic carbocycles. The number of aliphatic hydroxyl groups excluding tert-OH is 1. The van der Waals surface area contributed by atoms with Crippen molar-refractivity contribution in [2.45, 2.75) is 65.1 Å². The Morgan fingerprint density at radius 1 is 1.20 bits per heavy atom. The second-order valence-electron chi connectivity index (χ2n) is 8.82. The van der Waals surface area contributed by atoms with Gasteiger partial charge in [0, 0.05) is 23.1 Å². The standard InChI is InChI=1S/C25H34N2O3/c1-4-25(17-28)15-19-12-13-22(25)27(19)24(29)21-14-20(16-26(5-2)6-3)30-23(21)18-10-8-7-9-11-18/h7-11,14,19,22,28H,4-6,12-13,15-17H2,1-3H3/t19-,22+,25-/m1/s1. The molecule has 2 aliphatic rings. The van der Waals surface area contributed by atoms with Gasteiger partial charge in [-0.3, -0.25) is 9.69 Å². The Morgan fingerprint density at radius 3 is 2.53 bits per heavy atom. The zero-order chi connectivity index (χ0) is 21.3. The van der Waals surface area contributed by atoms with Gasteiger partial charge in [-0.2, -0.15) is 0 Å². The lowest BCUT2D eigenvalue weighted by Gasteiger charge is -2.34. The lowest BCUT2D eigenvalue weighted by molar-refractivity contribution is 0.0557. The number of nitrogens with zero attached hydrogens (tertiary/aromatic N) is 2. The molecule has 0 spiro atoms. The fourth-order valence-electron chi connectivity index (χ4n) is 5.55. The van der Waals surface area contributed by atoms with E-state index < -0.39 is 0 Å². The average molecular weight is 411 g/mol. The summed E-state index contributed by atoms with van der Waals surface area (Å²) in [4.78, 5) is 18.2. The minimum atomic E-state index is -0.153. The molecule has 3 heterocycles. The van der Waals surface area contributed by atoms with E-state index in [0.29, 0.717) is 17.9 Å². The van der Waals surface area contributed by atoms with E-state index in [9.17, 15) is 9.90 Å². The predicted octanol–water partition coefficient (Wildman–Crippen LogP) is 4.55. The highest BCUT2D eigenvalue weighted by Crippen LogP contribution is 2.52. The van der Waals surface area contributed by atoms with Gasteiger partial charge in [0.25, 0.3) is 5.91 Å². The quantitative estimate of drug-likeness (QED) is 0.693. The van der Waals surface area contributed by atoms with Crippen LogP contribution in [0.4, 0.5) is 0 Å². The molecular weight excluding hydrogens is 376 g/mol. The van der Waals surface area contributed by atoms with Crippen molar-refractivity contribution in [2.24, 2.45) is 5.41 Å². The summed E-state index contributed by atoms with van der Waals surface area (Å²) in [5.74, 6) is 1.55. The summed E-state index contributed by atoms with van der Waals surface area (Å²) in [6.45, 7) is 9.13. The summed E-state index contributed by atoms with van der Waals surface area (Å²) in [5.41, 5.74) is 1.44. The second kappa shape index (κ2) is 8.56. The molecule has 1 amide bonds. The highest BCUT2D eigenvalue weighted by Gasteiger charge is 2.56. The molecule has 1 aromatic carbocycles. The second-order valence-corrected chi connectivity index (χ2v) is 8.82. The summed E-state index contributed by atoms with van der Waals surface area (Å²) in [6, 6.07) is 12.2. The van der Waals surface area contributed by atoms with Crippen LogP contribution in [0.25, 0.3) is 11.3 Å². The Balaban J connectivity index is 1.71. The van der Waals surface area contributed by atoms with Gasteiger partial charge in [-0.05, 0) is 44.8 Å². The van der Waals surface area contributed by atoms with Crippen LogP contribution in [-0.2, 0) is 6.54 Å². The molecule has 2 aromatic rings. The minimum Gasteiger partial charge on any atom is -0.459 e. The summed E-state index contributed by atoms with van der Waals surface area (Å²) < 4.78 is 6.27. The molecule has 1 N–H and O–H groups in total. The number of aliphatic hydroxyl groups is 1. The molecular formula is C25H34N2O3. The van der Waals surface area contributed by atoms with Crippen molar-refractivity contribution in [2.75, 3.05) is 19.7 Å². The Bertz CT molecular complexity index is 868. The molecule has 162 valence electrons. The van der Waals surface area contributed by atoms with Crippen LogP contribution in [0.5, 0.6) is 0 Å². The maximum atomic E-state index is 13.8. The normalized spacial score (nSPS) is 25.4. The third-order valence-electron chi connectivity index (χ3n) is 7.43. The Labute approximate surface area is 179 Å². The van der Waals surface area contributed by atoms with Crippen molar-refractivity contribution in [1.29, 1.82) is 0 Å². The number of benzene rings is 1. The number of fused-ring (bicyclic) bond motifs is 2.